The smallest absolute Gasteiger partial charge is 0.303 e. The van der Waals surface area contributed by atoms with Gasteiger partial charge in [0, 0.05) is 18.7 Å². The maximum atomic E-state index is 10.9. The lowest BCUT2D eigenvalue weighted by molar-refractivity contribution is -0.137. The molecule has 0 aliphatic carbocycles. The van der Waals surface area contributed by atoms with Gasteiger partial charge in [0.25, 0.3) is 0 Å². The van der Waals surface area contributed by atoms with Gasteiger partial charge in [-0.2, -0.15) is 0 Å². The van der Waals surface area contributed by atoms with Crippen LogP contribution in [0.5, 0.6) is 0 Å². The van der Waals surface area contributed by atoms with E-state index in [0.29, 0.717) is 18.7 Å². The molecule has 1 aromatic heterocycles. The fourth-order valence-corrected chi connectivity index (χ4v) is 2.54. The summed E-state index contributed by atoms with van der Waals surface area (Å²) < 4.78 is 2.05. The van der Waals surface area contributed by atoms with Crippen molar-refractivity contribution >= 4 is 22.7 Å². The fourth-order valence-electron chi connectivity index (χ4n) is 2.54. The van der Waals surface area contributed by atoms with E-state index in [-0.39, 0.29) is 6.42 Å². The zero-order valence-electron chi connectivity index (χ0n) is 12.1. The third kappa shape index (κ3) is 2.93. The summed E-state index contributed by atoms with van der Waals surface area (Å²) in [5.41, 5.74) is 9.47. The second kappa shape index (κ2) is 5.89. The van der Waals surface area contributed by atoms with Crippen LogP contribution >= 0.6 is 0 Å². The normalized spacial score (nSPS) is 10.9. The van der Waals surface area contributed by atoms with Crippen molar-refractivity contribution in [1.29, 1.82) is 0 Å². The van der Waals surface area contributed by atoms with Crippen molar-refractivity contribution in [3.05, 3.63) is 59.9 Å². The number of anilines is 1. The van der Waals surface area contributed by atoms with Crippen LogP contribution in [0.2, 0.25) is 0 Å². The molecule has 0 saturated heterocycles. The standard InChI is InChI=1S/C17H17N3O2/c18-13-6-7-14-15(10-13)20(11-12-4-2-1-3-5-12)16(19-14)8-9-17(21)22/h1-7,10H,8-9,11,18H2,(H,21,22). The Hall–Kier alpha value is -2.82. The minimum atomic E-state index is -0.821. The van der Waals surface area contributed by atoms with Crippen LogP contribution in [0, 0.1) is 0 Å². The summed E-state index contributed by atoms with van der Waals surface area (Å²) in [7, 11) is 0. The first-order valence-corrected chi connectivity index (χ1v) is 7.14. The van der Waals surface area contributed by atoms with Crippen LogP contribution in [0.4, 0.5) is 5.69 Å². The van der Waals surface area contributed by atoms with E-state index in [2.05, 4.69) is 4.98 Å². The molecule has 3 N–H and O–H groups in total. The van der Waals surface area contributed by atoms with Gasteiger partial charge in [0.1, 0.15) is 5.82 Å². The summed E-state index contributed by atoms with van der Waals surface area (Å²) in [6, 6.07) is 15.6. The number of carboxylic acid groups (broad SMARTS) is 1. The van der Waals surface area contributed by atoms with Gasteiger partial charge >= 0.3 is 5.97 Å². The number of benzene rings is 2. The van der Waals surface area contributed by atoms with Gasteiger partial charge in [-0.25, -0.2) is 4.98 Å². The Bertz CT molecular complexity index is 809. The summed E-state index contributed by atoms with van der Waals surface area (Å²) in [5, 5.41) is 8.92. The van der Waals surface area contributed by atoms with Crippen molar-refractivity contribution < 1.29 is 9.90 Å². The van der Waals surface area contributed by atoms with E-state index < -0.39 is 5.97 Å². The Morgan fingerprint density at radius 2 is 1.95 bits per heavy atom. The van der Waals surface area contributed by atoms with Gasteiger partial charge in [0.05, 0.1) is 17.5 Å². The van der Waals surface area contributed by atoms with Crippen molar-refractivity contribution in [1.82, 2.24) is 9.55 Å². The van der Waals surface area contributed by atoms with E-state index in [1.165, 1.54) is 0 Å². The van der Waals surface area contributed by atoms with Crippen LogP contribution in [-0.4, -0.2) is 20.6 Å². The largest absolute Gasteiger partial charge is 0.481 e. The minimum absolute atomic E-state index is 0.0631. The number of fused-ring (bicyclic) bond motifs is 1. The highest BCUT2D eigenvalue weighted by atomic mass is 16.4. The highest BCUT2D eigenvalue weighted by Gasteiger charge is 2.12. The molecule has 22 heavy (non-hydrogen) atoms. The van der Waals surface area contributed by atoms with Crippen LogP contribution in [-0.2, 0) is 17.8 Å². The molecule has 3 rings (SSSR count). The lowest BCUT2D eigenvalue weighted by Crippen LogP contribution is -2.07. The Kier molecular flexibility index (Phi) is 3.78. The van der Waals surface area contributed by atoms with Gasteiger partial charge < -0.3 is 15.4 Å². The third-order valence-electron chi connectivity index (χ3n) is 3.60. The van der Waals surface area contributed by atoms with Gasteiger partial charge in [-0.1, -0.05) is 30.3 Å². The molecule has 112 valence electrons. The quantitative estimate of drug-likeness (QED) is 0.709. The maximum absolute atomic E-state index is 10.9. The van der Waals surface area contributed by atoms with Crippen molar-refractivity contribution in [3.63, 3.8) is 0 Å². The highest BCUT2D eigenvalue weighted by Crippen LogP contribution is 2.21. The predicted octanol–water partition coefficient (Wildman–Crippen LogP) is 2.68. The van der Waals surface area contributed by atoms with Gasteiger partial charge in [-0.05, 0) is 23.8 Å². The number of aliphatic carboxylic acids is 1. The number of nitrogens with two attached hydrogens (primary N) is 1. The number of imidazole rings is 1. The summed E-state index contributed by atoms with van der Waals surface area (Å²) in [6.45, 7) is 0.649. The Balaban J connectivity index is 2.04. The van der Waals surface area contributed by atoms with Crippen molar-refractivity contribution in [2.24, 2.45) is 0 Å². The van der Waals surface area contributed by atoms with E-state index in [4.69, 9.17) is 10.8 Å². The number of nitrogen functional groups attached to an aromatic ring is 1. The van der Waals surface area contributed by atoms with E-state index in [9.17, 15) is 4.79 Å². The van der Waals surface area contributed by atoms with Gasteiger partial charge in [0.2, 0.25) is 0 Å². The lowest BCUT2D eigenvalue weighted by Gasteiger charge is -2.09. The number of aromatic nitrogens is 2. The van der Waals surface area contributed by atoms with Crippen molar-refractivity contribution in [2.75, 3.05) is 5.73 Å². The van der Waals surface area contributed by atoms with Crippen LogP contribution in [0.25, 0.3) is 11.0 Å². The molecule has 0 bridgehead atoms. The Morgan fingerprint density at radius 1 is 1.18 bits per heavy atom. The van der Waals surface area contributed by atoms with Gasteiger partial charge in [-0.3, -0.25) is 4.79 Å². The summed E-state index contributed by atoms with van der Waals surface area (Å²) in [6.07, 6.45) is 0.463. The third-order valence-corrected chi connectivity index (χ3v) is 3.60. The van der Waals surface area contributed by atoms with E-state index in [1.807, 2.05) is 53.1 Å². The summed E-state index contributed by atoms with van der Waals surface area (Å²) in [4.78, 5) is 15.4. The molecule has 5 nitrogen and oxygen atoms in total. The van der Waals surface area contributed by atoms with Crippen molar-refractivity contribution in [2.45, 2.75) is 19.4 Å². The lowest BCUT2D eigenvalue weighted by atomic mass is 10.2. The average molecular weight is 295 g/mol. The van der Waals surface area contributed by atoms with Gasteiger partial charge in [0.15, 0.2) is 0 Å². The van der Waals surface area contributed by atoms with Crippen LogP contribution in [0.3, 0.4) is 0 Å². The molecule has 0 atom stereocenters. The van der Waals surface area contributed by atoms with Crippen LogP contribution < -0.4 is 5.73 Å². The number of carboxylic acids is 1. The molecule has 0 aliphatic heterocycles. The molecule has 0 radical (unpaired) electrons. The van der Waals surface area contributed by atoms with E-state index in [0.717, 1.165) is 22.4 Å². The molecule has 0 aliphatic rings. The first-order valence-electron chi connectivity index (χ1n) is 7.14. The van der Waals surface area contributed by atoms with E-state index in [1.54, 1.807) is 0 Å². The summed E-state index contributed by atoms with van der Waals surface area (Å²) >= 11 is 0. The molecule has 0 saturated carbocycles. The molecule has 0 amide bonds. The molecular formula is C17H17N3O2. The SMILES string of the molecule is Nc1ccc2nc(CCC(=O)O)n(Cc3ccccc3)c2c1. The monoisotopic (exact) mass is 295 g/mol. The number of hydrogen-bond donors (Lipinski definition) is 2. The molecular weight excluding hydrogens is 278 g/mol. The zero-order valence-corrected chi connectivity index (χ0v) is 12.1. The number of aryl methyl sites for hydroxylation is 1. The van der Waals surface area contributed by atoms with Crippen LogP contribution in [0.15, 0.2) is 48.5 Å². The molecule has 3 aromatic rings. The van der Waals surface area contributed by atoms with Gasteiger partial charge in [-0.15, -0.1) is 0 Å². The molecule has 0 spiro atoms. The number of nitrogens with zero attached hydrogens (tertiary/aromatic N) is 2. The predicted molar refractivity (Wildman–Crippen MR) is 85.6 cm³/mol. The topological polar surface area (TPSA) is 81.1 Å². The average Bonchev–Trinajstić information content (AvgIpc) is 2.84. The second-order valence-corrected chi connectivity index (χ2v) is 5.24. The zero-order chi connectivity index (χ0) is 15.5. The molecule has 0 fully saturated rings. The molecule has 0 unspecified atom stereocenters. The minimum Gasteiger partial charge on any atom is -0.481 e. The van der Waals surface area contributed by atoms with Crippen LogP contribution in [0.1, 0.15) is 17.8 Å². The Labute approximate surface area is 128 Å². The second-order valence-electron chi connectivity index (χ2n) is 5.24. The molecule has 5 heteroatoms. The van der Waals surface area contributed by atoms with E-state index >= 15 is 0 Å². The van der Waals surface area contributed by atoms with Crippen molar-refractivity contribution in [3.8, 4) is 0 Å². The molecule has 1 heterocycles. The first-order chi connectivity index (χ1) is 10.6. The number of carbonyl (C=O) groups is 1. The highest BCUT2D eigenvalue weighted by molar-refractivity contribution is 5.80. The number of rotatable bonds is 5. The first kappa shape index (κ1) is 14.1. The molecule has 2 aromatic carbocycles. The maximum Gasteiger partial charge on any atom is 0.303 e. The summed E-state index contributed by atoms with van der Waals surface area (Å²) in [5.74, 6) is -0.0512. The number of hydrogen-bond acceptors (Lipinski definition) is 3. The fraction of sp³-hybridized carbons (Fsp3) is 0.176. The Morgan fingerprint density at radius 3 is 2.68 bits per heavy atom.